The Hall–Kier alpha value is -4.34. The van der Waals surface area contributed by atoms with Crippen LogP contribution in [0.2, 0.25) is 0 Å². The minimum absolute atomic E-state index is 0.878. The Kier molecular flexibility index (Phi) is 5.39. The van der Waals surface area contributed by atoms with Gasteiger partial charge in [0.05, 0.1) is 0 Å². The third-order valence-electron chi connectivity index (χ3n) is 5.75. The molecule has 0 aliphatic carbocycles. The molecule has 5 aromatic carbocycles. The molecule has 0 radical (unpaired) electrons. The van der Waals surface area contributed by atoms with E-state index in [-0.39, 0.29) is 0 Å². The van der Waals surface area contributed by atoms with Crippen molar-refractivity contribution in [2.75, 3.05) is 0 Å². The van der Waals surface area contributed by atoms with Crippen molar-refractivity contribution in [2.45, 2.75) is 0 Å². The van der Waals surface area contributed by atoms with Crippen LogP contribution < -0.4 is 0 Å². The molecule has 0 N–H and O–H groups in total. The van der Waals surface area contributed by atoms with Crippen molar-refractivity contribution in [3.8, 4) is 56.9 Å². The van der Waals surface area contributed by atoms with Gasteiger partial charge in [0.15, 0.2) is 0 Å². The zero-order valence-corrected chi connectivity index (χ0v) is 17.7. The third-order valence-corrected chi connectivity index (χ3v) is 5.75. The van der Waals surface area contributed by atoms with Crippen LogP contribution in [0.4, 0.5) is 0 Å². The predicted octanol–water partition coefficient (Wildman–Crippen LogP) is 8.34. The smallest absolute Gasteiger partial charge is 0.0254 e. The van der Waals surface area contributed by atoms with E-state index in [1.807, 2.05) is 12.1 Å². The quantitative estimate of drug-likeness (QED) is 0.263. The molecule has 5 aromatic rings. The Morgan fingerprint density at radius 2 is 0.719 bits per heavy atom. The molecule has 5 rings (SSSR count). The Labute approximate surface area is 189 Å². The summed E-state index contributed by atoms with van der Waals surface area (Å²) < 4.78 is 0. The van der Waals surface area contributed by atoms with Crippen molar-refractivity contribution < 1.29 is 0 Å². The second-order valence-electron chi connectivity index (χ2n) is 7.77. The summed E-state index contributed by atoms with van der Waals surface area (Å²) in [6.07, 6.45) is 5.89. The van der Waals surface area contributed by atoms with Gasteiger partial charge in [-0.1, -0.05) is 115 Å². The average molecular weight is 407 g/mol. The third kappa shape index (κ3) is 3.85. The summed E-state index contributed by atoms with van der Waals surface area (Å²) in [5, 5.41) is 0. The Morgan fingerprint density at radius 1 is 0.375 bits per heavy atom. The van der Waals surface area contributed by atoms with Crippen LogP contribution >= 0.6 is 0 Å². The van der Waals surface area contributed by atoms with E-state index in [0.717, 1.165) is 16.7 Å². The van der Waals surface area contributed by atoms with Gasteiger partial charge < -0.3 is 0 Å². The first-order valence-electron chi connectivity index (χ1n) is 10.7. The summed E-state index contributed by atoms with van der Waals surface area (Å²) in [4.78, 5) is 0. The summed E-state index contributed by atoms with van der Waals surface area (Å²) in [5.41, 5.74) is 10.3. The van der Waals surface area contributed by atoms with E-state index in [1.165, 1.54) is 33.4 Å². The molecule has 0 spiro atoms. The number of benzene rings is 5. The summed E-state index contributed by atoms with van der Waals surface area (Å²) in [6.45, 7) is 0. The molecular weight excluding hydrogens is 384 g/mol. The van der Waals surface area contributed by atoms with Gasteiger partial charge in [0.1, 0.15) is 0 Å². The standard InChI is InChI=1S/C32H22/c1-2-24-21-27(31-19-11-9-17-29(31)25-13-5-3-6-14-25)23-28(22-24)32-20-12-10-18-30(32)26-15-7-4-8-16-26/h1,3-23H. The van der Waals surface area contributed by atoms with Gasteiger partial charge in [-0.2, -0.15) is 0 Å². The highest BCUT2D eigenvalue weighted by molar-refractivity contribution is 5.89. The molecule has 0 nitrogen and oxygen atoms in total. The summed E-state index contributed by atoms with van der Waals surface area (Å²) in [6, 6.07) is 44.5. The molecule has 150 valence electrons. The molecule has 0 atom stereocenters. The van der Waals surface area contributed by atoms with Gasteiger partial charge in [-0.15, -0.1) is 6.42 Å². The lowest BCUT2D eigenvalue weighted by Crippen LogP contribution is -1.90. The molecule has 0 saturated heterocycles. The van der Waals surface area contributed by atoms with Crippen molar-refractivity contribution in [3.63, 3.8) is 0 Å². The molecule has 0 unspecified atom stereocenters. The molecule has 0 aliphatic heterocycles. The fourth-order valence-corrected chi connectivity index (χ4v) is 4.23. The SMILES string of the molecule is C#Cc1cc(-c2ccccc2-c2ccccc2)cc(-c2ccccc2-c2ccccc2)c1. The highest BCUT2D eigenvalue weighted by Gasteiger charge is 2.12. The van der Waals surface area contributed by atoms with E-state index in [4.69, 9.17) is 6.42 Å². The highest BCUT2D eigenvalue weighted by atomic mass is 14.2. The molecule has 0 bridgehead atoms. The predicted molar refractivity (Wildman–Crippen MR) is 136 cm³/mol. The lowest BCUT2D eigenvalue weighted by molar-refractivity contribution is 1.54. The maximum absolute atomic E-state index is 5.89. The first-order chi connectivity index (χ1) is 15.8. The van der Waals surface area contributed by atoms with Crippen LogP contribution in [0.25, 0.3) is 44.5 Å². The van der Waals surface area contributed by atoms with E-state index in [9.17, 15) is 0 Å². The van der Waals surface area contributed by atoms with Crippen molar-refractivity contribution in [2.24, 2.45) is 0 Å². The van der Waals surface area contributed by atoms with Gasteiger partial charge in [0, 0.05) is 5.56 Å². The van der Waals surface area contributed by atoms with Crippen LogP contribution in [0, 0.1) is 12.3 Å². The molecule has 0 amide bonds. The van der Waals surface area contributed by atoms with E-state index < -0.39 is 0 Å². The minimum Gasteiger partial charge on any atom is -0.115 e. The van der Waals surface area contributed by atoms with E-state index in [1.54, 1.807) is 0 Å². The van der Waals surface area contributed by atoms with Gasteiger partial charge in [-0.25, -0.2) is 0 Å². The lowest BCUT2D eigenvalue weighted by atomic mass is 9.89. The molecule has 32 heavy (non-hydrogen) atoms. The van der Waals surface area contributed by atoms with Crippen LogP contribution in [0.1, 0.15) is 5.56 Å². The van der Waals surface area contributed by atoms with Gasteiger partial charge >= 0.3 is 0 Å². The zero-order valence-electron chi connectivity index (χ0n) is 17.7. The van der Waals surface area contributed by atoms with Gasteiger partial charge in [-0.05, 0) is 62.7 Å². The van der Waals surface area contributed by atoms with Crippen LogP contribution in [-0.4, -0.2) is 0 Å². The molecule has 0 heterocycles. The minimum atomic E-state index is 0.878. The number of hydrogen-bond acceptors (Lipinski definition) is 0. The first-order valence-corrected chi connectivity index (χ1v) is 10.7. The highest BCUT2D eigenvalue weighted by Crippen LogP contribution is 2.37. The van der Waals surface area contributed by atoms with Gasteiger partial charge in [0.2, 0.25) is 0 Å². The average Bonchev–Trinajstić information content (AvgIpc) is 2.89. The van der Waals surface area contributed by atoms with Crippen LogP contribution in [-0.2, 0) is 0 Å². The van der Waals surface area contributed by atoms with Crippen LogP contribution in [0.3, 0.4) is 0 Å². The molecule has 0 fully saturated rings. The molecular formula is C32H22. The molecule has 0 aromatic heterocycles. The molecule has 0 saturated carbocycles. The van der Waals surface area contributed by atoms with Crippen molar-refractivity contribution in [1.82, 2.24) is 0 Å². The second-order valence-corrected chi connectivity index (χ2v) is 7.77. The number of terminal acetylenes is 1. The monoisotopic (exact) mass is 406 g/mol. The Morgan fingerprint density at radius 3 is 1.09 bits per heavy atom. The zero-order chi connectivity index (χ0) is 21.8. The van der Waals surface area contributed by atoms with Gasteiger partial charge in [0.25, 0.3) is 0 Å². The summed E-state index contributed by atoms with van der Waals surface area (Å²) in [5.74, 6) is 2.87. The number of rotatable bonds is 4. The second kappa shape index (κ2) is 8.80. The van der Waals surface area contributed by atoms with E-state index >= 15 is 0 Å². The van der Waals surface area contributed by atoms with E-state index in [2.05, 4.69) is 121 Å². The first kappa shape index (κ1) is 19.6. The van der Waals surface area contributed by atoms with Crippen molar-refractivity contribution >= 4 is 0 Å². The van der Waals surface area contributed by atoms with E-state index in [0.29, 0.717) is 0 Å². The maximum atomic E-state index is 5.89. The largest absolute Gasteiger partial charge is 0.115 e. The lowest BCUT2D eigenvalue weighted by Gasteiger charge is -2.15. The van der Waals surface area contributed by atoms with Crippen LogP contribution in [0.5, 0.6) is 0 Å². The molecule has 0 aliphatic rings. The van der Waals surface area contributed by atoms with Gasteiger partial charge in [-0.3, -0.25) is 0 Å². The fraction of sp³-hybridized carbons (Fsp3) is 0. The normalized spacial score (nSPS) is 10.5. The summed E-state index contributed by atoms with van der Waals surface area (Å²) in [7, 11) is 0. The Bertz CT molecular complexity index is 1300. The van der Waals surface area contributed by atoms with Crippen molar-refractivity contribution in [3.05, 3.63) is 133 Å². The Balaban J connectivity index is 1.71. The molecule has 0 heteroatoms. The van der Waals surface area contributed by atoms with Crippen molar-refractivity contribution in [1.29, 1.82) is 0 Å². The maximum Gasteiger partial charge on any atom is 0.0254 e. The number of hydrogen-bond donors (Lipinski definition) is 0. The fourth-order valence-electron chi connectivity index (χ4n) is 4.23. The topological polar surface area (TPSA) is 0 Å². The van der Waals surface area contributed by atoms with Crippen LogP contribution in [0.15, 0.2) is 127 Å². The summed E-state index contributed by atoms with van der Waals surface area (Å²) >= 11 is 0.